The zero-order valence-electron chi connectivity index (χ0n) is 17.2. The molecule has 0 aromatic carbocycles. The molecule has 30 heavy (non-hydrogen) atoms. The molecular weight excluding hydrogens is 538 g/mol. The van der Waals surface area contributed by atoms with Gasteiger partial charge in [-0.3, -0.25) is 9.79 Å². The van der Waals surface area contributed by atoms with Gasteiger partial charge in [0.05, 0.1) is 0 Å². The third-order valence-corrected chi connectivity index (χ3v) is 6.87. The lowest BCUT2D eigenvalue weighted by molar-refractivity contribution is -0.129. The first-order valence-corrected chi connectivity index (χ1v) is 11.4. The van der Waals surface area contributed by atoms with Gasteiger partial charge in [0.1, 0.15) is 0 Å². The van der Waals surface area contributed by atoms with E-state index in [4.69, 9.17) is 0 Å². The van der Waals surface area contributed by atoms with Crippen LogP contribution in [0.15, 0.2) is 4.99 Å². The number of guanidine groups is 1. The highest BCUT2D eigenvalue weighted by Crippen LogP contribution is 2.30. The second kappa shape index (κ2) is 11.7. The molecule has 0 aliphatic carbocycles. The predicted molar refractivity (Wildman–Crippen MR) is 119 cm³/mol. The molecule has 1 amide bonds. The van der Waals surface area contributed by atoms with Crippen LogP contribution in [0.2, 0.25) is 0 Å². The summed E-state index contributed by atoms with van der Waals surface area (Å²) in [5.41, 5.74) is -5.26. The number of amides is 1. The van der Waals surface area contributed by atoms with Crippen LogP contribution in [0.3, 0.4) is 0 Å². The first kappa shape index (κ1) is 27.2. The second-order valence-corrected chi connectivity index (χ2v) is 9.27. The molecular formula is C17H31F3IN5O3S. The van der Waals surface area contributed by atoms with Crippen LogP contribution in [0.1, 0.15) is 39.5 Å². The van der Waals surface area contributed by atoms with E-state index in [1.54, 1.807) is 0 Å². The van der Waals surface area contributed by atoms with Crippen LogP contribution in [0.4, 0.5) is 13.2 Å². The summed E-state index contributed by atoms with van der Waals surface area (Å²) < 4.78 is 61.4. The number of alkyl halides is 3. The Labute approximate surface area is 193 Å². The van der Waals surface area contributed by atoms with E-state index in [9.17, 15) is 26.4 Å². The van der Waals surface area contributed by atoms with Crippen LogP contribution in [-0.4, -0.2) is 80.3 Å². The van der Waals surface area contributed by atoms with E-state index in [-0.39, 0.29) is 54.9 Å². The van der Waals surface area contributed by atoms with Crippen LogP contribution < -0.4 is 10.6 Å². The van der Waals surface area contributed by atoms with Gasteiger partial charge in [-0.05, 0) is 32.1 Å². The number of hydrogen-bond acceptors (Lipinski definition) is 4. The number of sulfonamides is 1. The normalized spacial score (nSPS) is 22.0. The van der Waals surface area contributed by atoms with Gasteiger partial charge in [0, 0.05) is 51.7 Å². The number of halogens is 4. The smallest absolute Gasteiger partial charge is 0.357 e. The predicted octanol–water partition coefficient (Wildman–Crippen LogP) is 1.73. The van der Waals surface area contributed by atoms with E-state index in [0.29, 0.717) is 55.7 Å². The molecule has 2 aliphatic heterocycles. The number of hydrogen-bond donors (Lipinski definition) is 2. The van der Waals surface area contributed by atoms with Crippen molar-refractivity contribution >= 4 is 45.9 Å². The molecule has 2 heterocycles. The molecule has 2 fully saturated rings. The highest BCUT2D eigenvalue weighted by Gasteiger charge is 2.50. The summed E-state index contributed by atoms with van der Waals surface area (Å²) in [4.78, 5) is 18.1. The highest BCUT2D eigenvalue weighted by molar-refractivity contribution is 14.0. The molecule has 0 aromatic heterocycles. The topological polar surface area (TPSA) is 94.1 Å². The Hall–Kier alpha value is -0.830. The Morgan fingerprint density at radius 1 is 1.13 bits per heavy atom. The van der Waals surface area contributed by atoms with E-state index >= 15 is 0 Å². The summed E-state index contributed by atoms with van der Waals surface area (Å²) in [5, 5.41) is 6.45. The van der Waals surface area contributed by atoms with Crippen molar-refractivity contribution in [3.05, 3.63) is 0 Å². The van der Waals surface area contributed by atoms with Gasteiger partial charge >= 0.3 is 15.5 Å². The van der Waals surface area contributed by atoms with Crippen LogP contribution in [0.25, 0.3) is 0 Å². The van der Waals surface area contributed by atoms with Gasteiger partial charge < -0.3 is 15.5 Å². The molecule has 2 rings (SSSR count). The lowest BCUT2D eigenvalue weighted by Crippen LogP contribution is -2.46. The number of carbonyl (C=O) groups is 1. The van der Waals surface area contributed by atoms with E-state index in [1.807, 2.05) is 18.7 Å². The summed E-state index contributed by atoms with van der Waals surface area (Å²) in [6.07, 6.45) is 1.97. The molecule has 2 aliphatic rings. The maximum atomic E-state index is 12.7. The largest absolute Gasteiger partial charge is 0.511 e. The number of aliphatic imine (C=N–C) groups is 1. The number of carbonyl (C=O) groups excluding carboxylic acids is 1. The third kappa shape index (κ3) is 7.11. The first-order valence-electron chi connectivity index (χ1n) is 9.97. The van der Waals surface area contributed by atoms with Gasteiger partial charge in [0.2, 0.25) is 5.91 Å². The van der Waals surface area contributed by atoms with Crippen LogP contribution in [0.5, 0.6) is 0 Å². The van der Waals surface area contributed by atoms with Crippen molar-refractivity contribution in [2.45, 2.75) is 51.1 Å². The van der Waals surface area contributed by atoms with E-state index in [2.05, 4.69) is 15.6 Å². The van der Waals surface area contributed by atoms with Gasteiger partial charge in [-0.15, -0.1) is 24.0 Å². The lowest BCUT2D eigenvalue weighted by Gasteiger charge is -2.31. The summed E-state index contributed by atoms with van der Waals surface area (Å²) in [7, 11) is -5.25. The van der Waals surface area contributed by atoms with Crippen molar-refractivity contribution in [1.29, 1.82) is 0 Å². The van der Waals surface area contributed by atoms with Crippen LogP contribution in [-0.2, 0) is 14.8 Å². The van der Waals surface area contributed by atoms with Gasteiger partial charge in [-0.2, -0.15) is 17.5 Å². The Morgan fingerprint density at radius 3 is 2.30 bits per heavy atom. The minimum absolute atomic E-state index is 0. The van der Waals surface area contributed by atoms with Gasteiger partial charge in [0.15, 0.2) is 5.96 Å². The Morgan fingerprint density at radius 2 is 1.77 bits per heavy atom. The zero-order chi connectivity index (χ0) is 21.7. The highest BCUT2D eigenvalue weighted by atomic mass is 127. The fraction of sp³-hybridized carbons (Fsp3) is 0.882. The average Bonchev–Trinajstić information content (AvgIpc) is 3.13. The molecule has 176 valence electrons. The van der Waals surface area contributed by atoms with Gasteiger partial charge in [0.25, 0.3) is 0 Å². The summed E-state index contributed by atoms with van der Waals surface area (Å²) >= 11 is 0. The van der Waals surface area contributed by atoms with Crippen LogP contribution in [0, 0.1) is 5.92 Å². The number of piperidine rings is 1. The summed E-state index contributed by atoms with van der Waals surface area (Å²) in [6, 6.07) is 0.0991. The van der Waals surface area contributed by atoms with Crippen molar-refractivity contribution < 1.29 is 26.4 Å². The molecule has 2 saturated heterocycles. The number of nitrogens with one attached hydrogen (secondary N) is 2. The minimum Gasteiger partial charge on any atom is -0.357 e. The maximum Gasteiger partial charge on any atom is 0.511 e. The SMILES string of the molecule is CCNC(=NCC1CCN(S(=O)(=O)C(F)(F)F)CC1)NC1CCN(C(=O)CC)C1.I. The maximum absolute atomic E-state index is 12.7. The van der Waals surface area contributed by atoms with Crippen molar-refractivity contribution in [3.8, 4) is 0 Å². The number of nitrogens with zero attached hydrogens (tertiary/aromatic N) is 3. The second-order valence-electron chi connectivity index (χ2n) is 7.34. The Bertz CT molecular complexity index is 697. The molecule has 0 saturated carbocycles. The van der Waals surface area contributed by atoms with Crippen LogP contribution >= 0.6 is 24.0 Å². The minimum atomic E-state index is -5.26. The van der Waals surface area contributed by atoms with Crippen molar-refractivity contribution in [3.63, 3.8) is 0 Å². The molecule has 0 radical (unpaired) electrons. The Balaban J connectivity index is 0.00000450. The zero-order valence-corrected chi connectivity index (χ0v) is 20.4. The van der Waals surface area contributed by atoms with E-state index in [0.717, 1.165) is 6.42 Å². The molecule has 2 N–H and O–H groups in total. The van der Waals surface area contributed by atoms with E-state index < -0.39 is 15.5 Å². The van der Waals surface area contributed by atoms with Crippen molar-refractivity contribution in [1.82, 2.24) is 19.8 Å². The number of rotatable bonds is 6. The molecule has 13 heteroatoms. The van der Waals surface area contributed by atoms with Gasteiger partial charge in [-0.25, -0.2) is 8.42 Å². The Kier molecular flexibility index (Phi) is 10.6. The molecule has 0 bridgehead atoms. The first-order chi connectivity index (χ1) is 13.6. The standard InChI is InChI=1S/C17H30F3N5O3S.HI/c1-3-15(26)24-8-7-14(12-24)23-16(21-4-2)22-11-13-5-9-25(10-6-13)29(27,28)17(18,19)20;/h13-14H,3-12H2,1-2H3,(H2,21,22,23);1H. The molecule has 0 aromatic rings. The molecule has 1 unspecified atom stereocenters. The monoisotopic (exact) mass is 569 g/mol. The summed E-state index contributed by atoms with van der Waals surface area (Å²) in [5.74, 6) is 0.748. The van der Waals surface area contributed by atoms with E-state index in [1.165, 1.54) is 0 Å². The molecule has 0 spiro atoms. The fourth-order valence-electron chi connectivity index (χ4n) is 3.54. The number of likely N-dealkylation sites (tertiary alicyclic amines) is 1. The average molecular weight is 569 g/mol. The third-order valence-electron chi connectivity index (χ3n) is 5.24. The molecule has 1 atom stereocenters. The quantitative estimate of drug-likeness (QED) is 0.289. The van der Waals surface area contributed by atoms with Crippen molar-refractivity contribution in [2.24, 2.45) is 10.9 Å². The lowest BCUT2D eigenvalue weighted by atomic mass is 9.98. The van der Waals surface area contributed by atoms with Crippen molar-refractivity contribution in [2.75, 3.05) is 39.3 Å². The van der Waals surface area contributed by atoms with Gasteiger partial charge in [-0.1, -0.05) is 6.92 Å². The summed E-state index contributed by atoms with van der Waals surface area (Å²) in [6.45, 7) is 5.84. The molecule has 8 nitrogen and oxygen atoms in total. The fourth-order valence-corrected chi connectivity index (χ4v) is 4.52.